The molecule has 0 bridgehead atoms. The Bertz CT molecular complexity index is 502. The molecule has 1 aromatic rings. The van der Waals surface area contributed by atoms with E-state index >= 15 is 0 Å². The number of hydrogen-bond acceptors (Lipinski definition) is 4. The van der Waals surface area contributed by atoms with Gasteiger partial charge in [-0.3, -0.25) is 4.79 Å². The Kier molecular flexibility index (Phi) is 3.60. The van der Waals surface area contributed by atoms with Gasteiger partial charge in [-0.25, -0.2) is 0 Å². The molecule has 0 aliphatic carbocycles. The van der Waals surface area contributed by atoms with Crippen molar-refractivity contribution in [3.05, 3.63) is 28.2 Å². The molecule has 1 saturated heterocycles. The first kappa shape index (κ1) is 13.1. The lowest BCUT2D eigenvalue weighted by Crippen LogP contribution is -2.50. The fourth-order valence-corrected chi connectivity index (χ4v) is 3.00. The number of benzene rings is 1. The Labute approximate surface area is 120 Å². The summed E-state index contributed by atoms with van der Waals surface area (Å²) in [4.78, 5) is 12.5. The zero-order chi connectivity index (χ0) is 13.4. The molecule has 2 heterocycles. The van der Waals surface area contributed by atoms with Crippen molar-refractivity contribution >= 4 is 21.7 Å². The summed E-state index contributed by atoms with van der Waals surface area (Å²) in [5.41, 5.74) is 0.591. The highest BCUT2D eigenvalue weighted by Gasteiger charge is 2.42. The lowest BCUT2D eigenvalue weighted by Gasteiger charge is -2.38. The molecule has 0 amide bonds. The molecule has 1 fully saturated rings. The summed E-state index contributed by atoms with van der Waals surface area (Å²) < 4.78 is 17.7. The van der Waals surface area contributed by atoms with Crippen molar-refractivity contribution in [2.24, 2.45) is 0 Å². The van der Waals surface area contributed by atoms with Gasteiger partial charge in [0.2, 0.25) is 0 Å². The van der Waals surface area contributed by atoms with Crippen LogP contribution in [0.5, 0.6) is 5.75 Å². The van der Waals surface area contributed by atoms with E-state index in [1.807, 2.05) is 12.1 Å². The molecule has 3 atom stereocenters. The SMILES string of the molecule is COCC1CC[C@@H]2Oc3ccc(Br)cc3C(=O)[C@H]2O1. The third-order valence-corrected chi connectivity index (χ3v) is 4.04. The maximum Gasteiger partial charge on any atom is 0.199 e. The second-order valence-electron chi connectivity index (χ2n) is 4.87. The fourth-order valence-electron chi connectivity index (χ4n) is 2.64. The zero-order valence-corrected chi connectivity index (χ0v) is 12.2. The first-order valence-electron chi connectivity index (χ1n) is 6.34. The van der Waals surface area contributed by atoms with E-state index in [2.05, 4.69) is 15.9 Å². The zero-order valence-electron chi connectivity index (χ0n) is 10.6. The highest BCUT2D eigenvalue weighted by molar-refractivity contribution is 9.10. The number of hydrogen-bond donors (Lipinski definition) is 0. The predicted molar refractivity (Wildman–Crippen MR) is 72.7 cm³/mol. The molecule has 2 aliphatic heterocycles. The second kappa shape index (κ2) is 5.23. The maximum atomic E-state index is 12.5. The Morgan fingerprint density at radius 1 is 1.42 bits per heavy atom. The quantitative estimate of drug-likeness (QED) is 0.838. The lowest BCUT2D eigenvalue weighted by molar-refractivity contribution is -0.112. The van der Waals surface area contributed by atoms with Gasteiger partial charge in [0.05, 0.1) is 18.3 Å². The monoisotopic (exact) mass is 326 g/mol. The predicted octanol–water partition coefficient (Wildman–Crippen LogP) is 2.59. The Balaban J connectivity index is 1.87. The Morgan fingerprint density at radius 2 is 2.26 bits per heavy atom. The number of carbonyl (C=O) groups excluding carboxylic acids is 1. The highest BCUT2D eigenvalue weighted by atomic mass is 79.9. The van der Waals surface area contributed by atoms with Crippen LogP contribution in [-0.4, -0.2) is 37.8 Å². The molecule has 0 N–H and O–H groups in total. The van der Waals surface area contributed by atoms with E-state index in [1.165, 1.54) is 0 Å². The van der Waals surface area contributed by atoms with Crippen LogP contribution in [0.4, 0.5) is 0 Å². The second-order valence-corrected chi connectivity index (χ2v) is 5.79. The average molecular weight is 327 g/mol. The number of fused-ring (bicyclic) bond motifs is 2. The van der Waals surface area contributed by atoms with Gasteiger partial charge in [0.25, 0.3) is 0 Å². The van der Waals surface area contributed by atoms with Crippen molar-refractivity contribution in [2.45, 2.75) is 31.2 Å². The molecule has 1 aromatic carbocycles. The van der Waals surface area contributed by atoms with Gasteiger partial charge < -0.3 is 14.2 Å². The van der Waals surface area contributed by atoms with E-state index < -0.39 is 6.10 Å². The van der Waals surface area contributed by atoms with Crippen molar-refractivity contribution < 1.29 is 19.0 Å². The largest absolute Gasteiger partial charge is 0.486 e. The number of halogens is 1. The molecule has 102 valence electrons. The van der Waals surface area contributed by atoms with Crippen molar-refractivity contribution in [3.63, 3.8) is 0 Å². The summed E-state index contributed by atoms with van der Waals surface area (Å²) in [5.74, 6) is 0.664. The highest BCUT2D eigenvalue weighted by Crippen LogP contribution is 2.35. The van der Waals surface area contributed by atoms with E-state index in [4.69, 9.17) is 14.2 Å². The molecule has 4 nitrogen and oxygen atoms in total. The topological polar surface area (TPSA) is 44.8 Å². The minimum Gasteiger partial charge on any atom is -0.486 e. The summed E-state index contributed by atoms with van der Waals surface area (Å²) in [5, 5.41) is 0. The van der Waals surface area contributed by atoms with Crippen LogP contribution in [0.15, 0.2) is 22.7 Å². The summed E-state index contributed by atoms with van der Waals surface area (Å²) in [6.45, 7) is 0.516. The standard InChI is InChI=1S/C14H15BrO4/c1-17-7-9-3-5-12-14(18-9)13(16)10-6-8(15)2-4-11(10)19-12/h2,4,6,9,12,14H,3,5,7H2,1H3/t9?,12-,14-/m0/s1. The van der Waals surface area contributed by atoms with Crippen molar-refractivity contribution in [1.29, 1.82) is 0 Å². The molecule has 5 heteroatoms. The lowest BCUT2D eigenvalue weighted by atomic mass is 9.92. The van der Waals surface area contributed by atoms with Crippen LogP contribution in [0.1, 0.15) is 23.2 Å². The van der Waals surface area contributed by atoms with E-state index in [1.54, 1.807) is 13.2 Å². The minimum atomic E-state index is -0.504. The third kappa shape index (κ3) is 2.42. The van der Waals surface area contributed by atoms with Crippen LogP contribution in [0.25, 0.3) is 0 Å². The van der Waals surface area contributed by atoms with Crippen molar-refractivity contribution in [1.82, 2.24) is 0 Å². The van der Waals surface area contributed by atoms with E-state index in [0.29, 0.717) is 17.9 Å². The van der Waals surface area contributed by atoms with Gasteiger partial charge in [-0.1, -0.05) is 15.9 Å². The number of Topliss-reactive ketones (excluding diaryl/α,β-unsaturated/α-hetero) is 1. The van der Waals surface area contributed by atoms with Gasteiger partial charge in [-0.15, -0.1) is 0 Å². The van der Waals surface area contributed by atoms with Crippen LogP contribution >= 0.6 is 15.9 Å². The van der Waals surface area contributed by atoms with Crippen molar-refractivity contribution in [3.8, 4) is 5.75 Å². The third-order valence-electron chi connectivity index (χ3n) is 3.55. The number of rotatable bonds is 2. The summed E-state index contributed by atoms with van der Waals surface area (Å²) >= 11 is 3.37. The van der Waals surface area contributed by atoms with Gasteiger partial charge in [-0.2, -0.15) is 0 Å². The van der Waals surface area contributed by atoms with Gasteiger partial charge in [0, 0.05) is 11.6 Å². The van der Waals surface area contributed by atoms with E-state index in [9.17, 15) is 4.79 Å². The van der Waals surface area contributed by atoms with Gasteiger partial charge in [0.15, 0.2) is 11.9 Å². The normalized spacial score (nSPS) is 29.4. The molecule has 3 rings (SSSR count). The molecule has 0 saturated carbocycles. The van der Waals surface area contributed by atoms with Crippen LogP contribution in [0.2, 0.25) is 0 Å². The summed E-state index contributed by atoms with van der Waals surface area (Å²) in [6.07, 6.45) is 0.978. The molecule has 0 radical (unpaired) electrons. The van der Waals surface area contributed by atoms with Crippen LogP contribution < -0.4 is 4.74 Å². The molecular formula is C14H15BrO4. The minimum absolute atomic E-state index is 0.00773. The number of ketones is 1. The van der Waals surface area contributed by atoms with Crippen molar-refractivity contribution in [2.75, 3.05) is 13.7 Å². The molecule has 2 aliphatic rings. The first-order chi connectivity index (χ1) is 9.19. The van der Waals surface area contributed by atoms with Crippen LogP contribution in [0.3, 0.4) is 0 Å². The number of ether oxygens (including phenoxy) is 3. The fraction of sp³-hybridized carbons (Fsp3) is 0.500. The van der Waals surface area contributed by atoms with Crippen LogP contribution in [-0.2, 0) is 9.47 Å². The van der Waals surface area contributed by atoms with Gasteiger partial charge in [0.1, 0.15) is 11.9 Å². The average Bonchev–Trinajstić information content (AvgIpc) is 2.41. The molecule has 1 unspecified atom stereocenters. The maximum absolute atomic E-state index is 12.5. The Hall–Kier alpha value is -0.910. The smallest absolute Gasteiger partial charge is 0.199 e. The number of methoxy groups -OCH3 is 1. The van der Waals surface area contributed by atoms with E-state index in [0.717, 1.165) is 17.3 Å². The Morgan fingerprint density at radius 3 is 3.05 bits per heavy atom. The van der Waals surface area contributed by atoms with Gasteiger partial charge >= 0.3 is 0 Å². The summed E-state index contributed by atoms with van der Waals surface area (Å²) in [7, 11) is 1.64. The molecule has 19 heavy (non-hydrogen) atoms. The summed E-state index contributed by atoms with van der Waals surface area (Å²) in [6, 6.07) is 5.50. The number of carbonyl (C=O) groups is 1. The first-order valence-corrected chi connectivity index (χ1v) is 7.13. The van der Waals surface area contributed by atoms with Crippen LogP contribution in [0, 0.1) is 0 Å². The molecule has 0 aromatic heterocycles. The molecule has 0 spiro atoms. The van der Waals surface area contributed by atoms with Gasteiger partial charge in [-0.05, 0) is 31.0 Å². The molecular weight excluding hydrogens is 312 g/mol. The van der Waals surface area contributed by atoms with E-state index in [-0.39, 0.29) is 18.0 Å².